The van der Waals surface area contributed by atoms with Gasteiger partial charge in [0, 0.05) is 5.56 Å². The van der Waals surface area contributed by atoms with Crippen LogP contribution in [-0.2, 0) is 6.61 Å². The van der Waals surface area contributed by atoms with Gasteiger partial charge in [-0.3, -0.25) is 0 Å². The van der Waals surface area contributed by atoms with Gasteiger partial charge >= 0.3 is 0 Å². The van der Waals surface area contributed by atoms with Crippen LogP contribution in [0.5, 0.6) is 5.75 Å². The van der Waals surface area contributed by atoms with Gasteiger partial charge in [0.1, 0.15) is 12.4 Å². The minimum Gasteiger partial charge on any atom is -0.488 e. The first-order chi connectivity index (χ1) is 9.43. The monoisotopic (exact) mass is 246 g/mol. The predicted octanol–water partition coefficient (Wildman–Crippen LogP) is 4.46. The first-order valence-electron chi connectivity index (χ1n) is 6.32. The Bertz CT molecular complexity index is 659. The molecule has 0 aliphatic heterocycles. The summed E-state index contributed by atoms with van der Waals surface area (Å²) >= 11 is 0. The third-order valence-corrected chi connectivity index (χ3v) is 3.03. The van der Waals surface area contributed by atoms with Crippen LogP contribution in [0.15, 0.2) is 66.4 Å². The molecule has 0 aromatic heterocycles. The van der Waals surface area contributed by atoms with Crippen molar-refractivity contribution >= 4 is 12.2 Å². The number of allylic oxidation sites excluding steroid dienone is 2. The second kappa shape index (κ2) is 5.43. The molecule has 1 aliphatic carbocycles. The minimum atomic E-state index is 0.582. The van der Waals surface area contributed by atoms with E-state index in [1.165, 1.54) is 5.56 Å². The molecular formula is C18H14O. The van der Waals surface area contributed by atoms with Gasteiger partial charge in [-0.25, -0.2) is 0 Å². The standard InChI is InChI=1S/C18H14O/c1-3-8-15(9-4-1)14-19-18-13-7-11-16-10-5-2-6-12-17(16)18/h1-5,7-13H,14H2. The van der Waals surface area contributed by atoms with Crippen LogP contribution >= 0.6 is 0 Å². The number of hydrogen-bond donors (Lipinski definition) is 0. The Kier molecular flexibility index (Phi) is 3.31. The van der Waals surface area contributed by atoms with E-state index in [9.17, 15) is 0 Å². The molecule has 0 heterocycles. The van der Waals surface area contributed by atoms with Crippen molar-refractivity contribution in [2.24, 2.45) is 0 Å². The molecule has 1 heteroatoms. The van der Waals surface area contributed by atoms with Gasteiger partial charge in [0.25, 0.3) is 0 Å². The van der Waals surface area contributed by atoms with Crippen molar-refractivity contribution in [1.29, 1.82) is 0 Å². The van der Waals surface area contributed by atoms with Crippen LogP contribution in [0.1, 0.15) is 16.7 Å². The molecule has 0 radical (unpaired) electrons. The molecular weight excluding hydrogens is 232 g/mol. The summed E-state index contributed by atoms with van der Waals surface area (Å²) in [6, 6.07) is 16.3. The minimum absolute atomic E-state index is 0.582. The van der Waals surface area contributed by atoms with Crippen molar-refractivity contribution in [3.05, 3.63) is 83.1 Å². The van der Waals surface area contributed by atoms with Gasteiger partial charge in [0.05, 0.1) is 0 Å². The lowest BCUT2D eigenvalue weighted by Gasteiger charge is -2.11. The SMILES string of the molecule is C1=CC=Cc2cccc(OCc3ccccc3)c2C=1. The van der Waals surface area contributed by atoms with Gasteiger partial charge in [0.15, 0.2) is 0 Å². The average Bonchev–Trinajstić information content (AvgIpc) is 2.72. The molecule has 0 saturated heterocycles. The summed E-state index contributed by atoms with van der Waals surface area (Å²) < 4.78 is 5.93. The van der Waals surface area contributed by atoms with Crippen LogP contribution in [-0.4, -0.2) is 0 Å². The Labute approximate surface area is 113 Å². The normalized spacial score (nSPS) is 12.0. The quantitative estimate of drug-likeness (QED) is 0.726. The third-order valence-electron chi connectivity index (χ3n) is 3.03. The van der Waals surface area contributed by atoms with E-state index in [1.54, 1.807) is 0 Å². The maximum atomic E-state index is 5.93. The summed E-state index contributed by atoms with van der Waals surface area (Å²) in [5, 5.41) is 0. The highest BCUT2D eigenvalue weighted by atomic mass is 16.5. The van der Waals surface area contributed by atoms with Crippen molar-refractivity contribution < 1.29 is 4.74 Å². The van der Waals surface area contributed by atoms with Crippen LogP contribution in [0.4, 0.5) is 0 Å². The molecule has 0 saturated carbocycles. The highest BCUT2D eigenvalue weighted by molar-refractivity contribution is 5.72. The maximum absolute atomic E-state index is 5.93. The number of fused-ring (bicyclic) bond motifs is 1. The molecule has 92 valence electrons. The topological polar surface area (TPSA) is 9.23 Å². The molecule has 2 aromatic rings. The van der Waals surface area contributed by atoms with E-state index >= 15 is 0 Å². The van der Waals surface area contributed by atoms with E-state index in [1.807, 2.05) is 48.6 Å². The first kappa shape index (κ1) is 11.6. The lowest BCUT2D eigenvalue weighted by Crippen LogP contribution is -1.97. The zero-order valence-electron chi connectivity index (χ0n) is 10.5. The summed E-state index contributed by atoms with van der Waals surface area (Å²) in [6.45, 7) is 0.582. The summed E-state index contributed by atoms with van der Waals surface area (Å²) in [7, 11) is 0. The molecule has 0 spiro atoms. The molecule has 0 fully saturated rings. The van der Waals surface area contributed by atoms with Crippen molar-refractivity contribution in [1.82, 2.24) is 0 Å². The lowest BCUT2D eigenvalue weighted by atomic mass is 10.1. The largest absolute Gasteiger partial charge is 0.488 e. The Hall–Kier alpha value is -2.50. The second-order valence-corrected chi connectivity index (χ2v) is 4.37. The van der Waals surface area contributed by atoms with Crippen molar-refractivity contribution in [2.75, 3.05) is 0 Å². The van der Waals surface area contributed by atoms with Gasteiger partial charge in [-0.2, -0.15) is 0 Å². The fourth-order valence-corrected chi connectivity index (χ4v) is 2.06. The van der Waals surface area contributed by atoms with Crippen LogP contribution in [0.25, 0.3) is 12.2 Å². The zero-order chi connectivity index (χ0) is 12.9. The molecule has 0 bridgehead atoms. The summed E-state index contributed by atoms with van der Waals surface area (Å²) in [5.74, 6) is 0.897. The van der Waals surface area contributed by atoms with Gasteiger partial charge in [-0.1, -0.05) is 54.6 Å². The van der Waals surface area contributed by atoms with E-state index in [0.717, 1.165) is 16.9 Å². The summed E-state index contributed by atoms with van der Waals surface area (Å²) in [6.07, 6.45) is 7.93. The molecule has 0 atom stereocenters. The zero-order valence-corrected chi connectivity index (χ0v) is 10.5. The lowest BCUT2D eigenvalue weighted by molar-refractivity contribution is 0.305. The fourth-order valence-electron chi connectivity index (χ4n) is 2.06. The van der Waals surface area contributed by atoms with E-state index in [0.29, 0.717) is 6.61 Å². The molecule has 1 nitrogen and oxygen atoms in total. The van der Waals surface area contributed by atoms with E-state index in [4.69, 9.17) is 4.74 Å². The Morgan fingerprint density at radius 2 is 1.84 bits per heavy atom. The maximum Gasteiger partial charge on any atom is 0.128 e. The Balaban J connectivity index is 1.86. The third kappa shape index (κ3) is 2.67. The van der Waals surface area contributed by atoms with E-state index < -0.39 is 0 Å². The van der Waals surface area contributed by atoms with Gasteiger partial charge < -0.3 is 4.74 Å². The van der Waals surface area contributed by atoms with Crippen molar-refractivity contribution in [3.63, 3.8) is 0 Å². The smallest absolute Gasteiger partial charge is 0.128 e. The highest BCUT2D eigenvalue weighted by Gasteiger charge is 2.06. The van der Waals surface area contributed by atoms with Crippen LogP contribution in [0.3, 0.4) is 0 Å². The number of ether oxygens (including phenoxy) is 1. The van der Waals surface area contributed by atoms with Crippen LogP contribution in [0, 0.1) is 0 Å². The number of benzene rings is 2. The number of hydrogen-bond acceptors (Lipinski definition) is 1. The molecule has 19 heavy (non-hydrogen) atoms. The van der Waals surface area contributed by atoms with E-state index in [-0.39, 0.29) is 0 Å². The number of rotatable bonds is 3. The average molecular weight is 246 g/mol. The van der Waals surface area contributed by atoms with E-state index in [2.05, 4.69) is 30.0 Å². The van der Waals surface area contributed by atoms with Gasteiger partial charge in [-0.15, -0.1) is 5.73 Å². The van der Waals surface area contributed by atoms with Gasteiger partial charge in [0.2, 0.25) is 0 Å². The second-order valence-electron chi connectivity index (χ2n) is 4.37. The van der Waals surface area contributed by atoms with Crippen molar-refractivity contribution in [3.8, 4) is 5.75 Å². The molecule has 0 N–H and O–H groups in total. The van der Waals surface area contributed by atoms with Crippen molar-refractivity contribution in [2.45, 2.75) is 6.61 Å². The Morgan fingerprint density at radius 1 is 0.947 bits per heavy atom. The molecule has 2 aromatic carbocycles. The van der Waals surface area contributed by atoms with Crippen LogP contribution < -0.4 is 4.74 Å². The molecule has 1 aliphatic rings. The fraction of sp³-hybridized carbons (Fsp3) is 0.0556. The highest BCUT2D eigenvalue weighted by Crippen LogP contribution is 2.26. The molecule has 0 amide bonds. The van der Waals surface area contributed by atoms with Crippen LogP contribution in [0.2, 0.25) is 0 Å². The summed E-state index contributed by atoms with van der Waals surface area (Å²) in [5.41, 5.74) is 6.54. The summed E-state index contributed by atoms with van der Waals surface area (Å²) in [4.78, 5) is 0. The molecule has 3 rings (SSSR count). The first-order valence-corrected chi connectivity index (χ1v) is 6.32. The molecule has 0 unspecified atom stereocenters. The predicted molar refractivity (Wildman–Crippen MR) is 78.8 cm³/mol. The Morgan fingerprint density at radius 3 is 2.74 bits per heavy atom. The van der Waals surface area contributed by atoms with Gasteiger partial charge in [-0.05, 0) is 29.3 Å².